The van der Waals surface area contributed by atoms with Gasteiger partial charge in [0.15, 0.2) is 4.75 Å². The second kappa shape index (κ2) is 3.68. The number of nitrogens with two attached hydrogens (primary N) is 1. The van der Waals surface area contributed by atoms with Crippen LogP contribution in [0.25, 0.3) is 0 Å². The van der Waals surface area contributed by atoms with E-state index < -0.39 is 26.5 Å². The fourth-order valence-electron chi connectivity index (χ4n) is 1.76. The molecule has 0 radical (unpaired) electrons. The van der Waals surface area contributed by atoms with Gasteiger partial charge in [-0.25, -0.2) is 17.1 Å². The highest BCUT2D eigenvalue weighted by atomic mass is 32.2. The maximum absolute atomic E-state index is 13.5. The van der Waals surface area contributed by atoms with Crippen molar-refractivity contribution in [3.8, 4) is 0 Å². The summed E-state index contributed by atoms with van der Waals surface area (Å²) in [5, 5.41) is 0. The zero-order valence-corrected chi connectivity index (χ0v) is 10.8. The average molecular weight is 272 g/mol. The molecule has 1 fully saturated rings. The third kappa shape index (κ3) is 1.58. The van der Waals surface area contributed by atoms with Gasteiger partial charge in [0.1, 0.15) is 5.82 Å². The molecule has 1 saturated heterocycles. The molecule has 1 aromatic rings. The van der Waals surface area contributed by atoms with E-state index >= 15 is 0 Å². The maximum Gasteiger partial charge on any atom is 0.259 e. The Labute approximate surface area is 104 Å². The smallest absolute Gasteiger partial charge is 0.259 e. The number of nitrogen functional groups attached to an aromatic ring is 1. The zero-order valence-electron chi connectivity index (χ0n) is 9.97. The molecule has 1 aromatic carbocycles. The van der Waals surface area contributed by atoms with Crippen molar-refractivity contribution in [3.63, 3.8) is 0 Å². The molecule has 0 saturated carbocycles. The van der Waals surface area contributed by atoms with Crippen LogP contribution in [0.5, 0.6) is 0 Å². The molecule has 0 spiro atoms. The van der Waals surface area contributed by atoms with E-state index in [9.17, 15) is 17.6 Å². The van der Waals surface area contributed by atoms with E-state index in [1.165, 1.54) is 26.0 Å². The van der Waals surface area contributed by atoms with Crippen LogP contribution in [0.4, 0.5) is 10.1 Å². The Hall–Kier alpha value is -1.63. The van der Waals surface area contributed by atoms with Crippen LogP contribution in [0.15, 0.2) is 18.2 Å². The second-order valence-electron chi connectivity index (χ2n) is 4.68. The number of carbonyl (C=O) groups excluding carboxylic acids is 1. The topological polar surface area (TPSA) is 80.5 Å². The third-order valence-electron chi connectivity index (χ3n) is 3.07. The molecule has 0 unspecified atom stereocenters. The number of amides is 1. The van der Waals surface area contributed by atoms with Gasteiger partial charge in [-0.1, -0.05) is 6.07 Å². The first-order valence-corrected chi connectivity index (χ1v) is 6.72. The van der Waals surface area contributed by atoms with E-state index in [4.69, 9.17) is 5.73 Å². The molecule has 18 heavy (non-hydrogen) atoms. The highest BCUT2D eigenvalue weighted by Crippen LogP contribution is 2.36. The lowest BCUT2D eigenvalue weighted by Crippen LogP contribution is -2.66. The van der Waals surface area contributed by atoms with Crippen LogP contribution in [0.2, 0.25) is 0 Å². The third-order valence-corrected chi connectivity index (χ3v) is 5.41. The van der Waals surface area contributed by atoms with Crippen LogP contribution in [0.3, 0.4) is 0 Å². The van der Waals surface area contributed by atoms with E-state index in [0.29, 0.717) is 4.31 Å². The highest BCUT2D eigenvalue weighted by molar-refractivity contribution is 7.94. The lowest BCUT2D eigenvalue weighted by molar-refractivity contribution is -0.132. The maximum atomic E-state index is 13.5. The van der Waals surface area contributed by atoms with Crippen molar-refractivity contribution in [1.29, 1.82) is 0 Å². The largest absolute Gasteiger partial charge is 0.399 e. The van der Waals surface area contributed by atoms with Gasteiger partial charge in [0, 0.05) is 11.3 Å². The SMILES string of the molecule is CC1(C)C(=O)N(Cc2ccc(N)cc2F)S1(=O)=O. The molecule has 0 atom stereocenters. The number of benzene rings is 1. The molecular weight excluding hydrogens is 259 g/mol. The Morgan fingerprint density at radius 1 is 1.39 bits per heavy atom. The number of hydrogen-bond acceptors (Lipinski definition) is 4. The Morgan fingerprint density at radius 3 is 2.50 bits per heavy atom. The minimum atomic E-state index is -3.69. The van der Waals surface area contributed by atoms with Gasteiger partial charge in [-0.3, -0.25) is 4.79 Å². The molecule has 0 aromatic heterocycles. The lowest BCUT2D eigenvalue weighted by Gasteiger charge is -2.43. The molecule has 7 heteroatoms. The van der Waals surface area contributed by atoms with Crippen molar-refractivity contribution in [2.75, 3.05) is 5.73 Å². The molecule has 98 valence electrons. The standard InChI is InChI=1S/C11H13FN2O3S/c1-11(2)10(15)14(18(11,16)17)6-7-3-4-8(13)5-9(7)12/h3-5H,6,13H2,1-2H3. The highest BCUT2D eigenvalue weighted by Gasteiger charge is 2.59. The lowest BCUT2D eigenvalue weighted by atomic mass is 10.1. The predicted octanol–water partition coefficient (Wildman–Crippen LogP) is 0.859. The van der Waals surface area contributed by atoms with Gasteiger partial charge in [-0.15, -0.1) is 0 Å². The van der Waals surface area contributed by atoms with Crippen molar-refractivity contribution in [2.45, 2.75) is 25.1 Å². The van der Waals surface area contributed by atoms with Gasteiger partial charge >= 0.3 is 0 Å². The molecule has 1 heterocycles. The van der Waals surface area contributed by atoms with Gasteiger partial charge < -0.3 is 5.73 Å². The Kier molecular flexibility index (Phi) is 2.62. The van der Waals surface area contributed by atoms with E-state index in [2.05, 4.69) is 0 Å². The Balaban J connectivity index is 2.30. The summed E-state index contributed by atoms with van der Waals surface area (Å²) in [7, 11) is -3.69. The van der Waals surface area contributed by atoms with E-state index in [0.717, 1.165) is 6.07 Å². The van der Waals surface area contributed by atoms with Crippen molar-refractivity contribution >= 4 is 21.6 Å². The molecular formula is C11H13FN2O3S. The fourth-order valence-corrected chi connectivity index (χ4v) is 3.26. The van der Waals surface area contributed by atoms with Crippen molar-refractivity contribution in [2.24, 2.45) is 0 Å². The second-order valence-corrected chi connectivity index (χ2v) is 7.09. The number of halogens is 1. The molecule has 1 aliphatic heterocycles. The monoisotopic (exact) mass is 272 g/mol. The van der Waals surface area contributed by atoms with Crippen LogP contribution in [-0.4, -0.2) is 23.4 Å². The first kappa shape index (κ1) is 12.8. The van der Waals surface area contributed by atoms with E-state index in [1.807, 2.05) is 0 Å². The Morgan fingerprint density at radius 2 is 2.00 bits per heavy atom. The van der Waals surface area contributed by atoms with Crippen LogP contribution < -0.4 is 5.73 Å². The normalized spacial score (nSPS) is 20.6. The summed E-state index contributed by atoms with van der Waals surface area (Å²) in [6.45, 7) is 2.37. The van der Waals surface area contributed by atoms with Gasteiger partial charge in [0.25, 0.3) is 15.9 Å². The number of rotatable bonds is 2. The molecule has 2 rings (SSSR count). The van der Waals surface area contributed by atoms with Crippen molar-refractivity contribution < 1.29 is 17.6 Å². The van der Waals surface area contributed by atoms with Crippen molar-refractivity contribution in [3.05, 3.63) is 29.6 Å². The van der Waals surface area contributed by atoms with E-state index in [1.54, 1.807) is 0 Å². The summed E-state index contributed by atoms with van der Waals surface area (Å²) < 4.78 is 36.4. The summed E-state index contributed by atoms with van der Waals surface area (Å²) in [6, 6.07) is 3.93. The summed E-state index contributed by atoms with van der Waals surface area (Å²) in [6.07, 6.45) is 0. The number of anilines is 1. The van der Waals surface area contributed by atoms with Gasteiger partial charge in [0.05, 0.1) is 6.54 Å². The summed E-state index contributed by atoms with van der Waals surface area (Å²) in [4.78, 5) is 11.7. The number of sulfonamides is 1. The predicted molar refractivity (Wildman–Crippen MR) is 64.4 cm³/mol. The molecule has 5 nitrogen and oxygen atoms in total. The molecule has 0 aliphatic carbocycles. The van der Waals surface area contributed by atoms with Crippen LogP contribution >= 0.6 is 0 Å². The fraction of sp³-hybridized carbons (Fsp3) is 0.364. The van der Waals surface area contributed by atoms with Crippen LogP contribution in [-0.2, 0) is 21.4 Å². The summed E-state index contributed by atoms with van der Waals surface area (Å²) in [5.41, 5.74) is 5.76. The van der Waals surface area contributed by atoms with Crippen molar-refractivity contribution in [1.82, 2.24) is 4.31 Å². The summed E-state index contributed by atoms with van der Waals surface area (Å²) >= 11 is 0. The molecule has 1 amide bonds. The van der Waals surface area contributed by atoms with Gasteiger partial charge in [-0.2, -0.15) is 0 Å². The molecule has 0 bridgehead atoms. The number of hydrogen-bond donors (Lipinski definition) is 1. The Bertz CT molecular complexity index is 625. The van der Waals surface area contributed by atoms with Gasteiger partial charge in [-0.05, 0) is 26.0 Å². The first-order chi connectivity index (χ1) is 8.18. The van der Waals surface area contributed by atoms with Crippen LogP contribution in [0, 0.1) is 5.82 Å². The minimum Gasteiger partial charge on any atom is -0.399 e. The number of carbonyl (C=O) groups is 1. The quantitative estimate of drug-likeness (QED) is 0.810. The van der Waals surface area contributed by atoms with Gasteiger partial charge in [0.2, 0.25) is 0 Å². The minimum absolute atomic E-state index is 0.122. The summed E-state index contributed by atoms with van der Waals surface area (Å²) in [5.74, 6) is -1.15. The molecule has 2 N–H and O–H groups in total. The van der Waals surface area contributed by atoms with Crippen LogP contribution in [0.1, 0.15) is 19.4 Å². The first-order valence-electron chi connectivity index (χ1n) is 5.28. The number of nitrogens with zero attached hydrogens (tertiary/aromatic N) is 1. The zero-order chi connectivity index (χ0) is 13.7. The van der Waals surface area contributed by atoms with E-state index in [-0.39, 0.29) is 17.8 Å². The average Bonchev–Trinajstić information content (AvgIpc) is 2.26. The molecule has 1 aliphatic rings.